The minimum Gasteiger partial charge on any atom is -0.493 e. The summed E-state index contributed by atoms with van der Waals surface area (Å²) in [6.07, 6.45) is 7.50. The predicted octanol–water partition coefficient (Wildman–Crippen LogP) is 5.89. The van der Waals surface area contributed by atoms with Gasteiger partial charge in [-0.25, -0.2) is 14.8 Å². The van der Waals surface area contributed by atoms with Crippen LogP contribution in [0.2, 0.25) is 0 Å². The molecule has 342 valence electrons. The van der Waals surface area contributed by atoms with Crippen LogP contribution in [-0.4, -0.2) is 120 Å². The van der Waals surface area contributed by atoms with E-state index in [0.29, 0.717) is 58.2 Å². The number of fused-ring (bicyclic) bond motifs is 9. The van der Waals surface area contributed by atoms with E-state index in [2.05, 4.69) is 62.3 Å². The summed E-state index contributed by atoms with van der Waals surface area (Å²) >= 11 is 1.88. The number of amides is 3. The third-order valence-electron chi connectivity index (χ3n) is 12.8. The van der Waals surface area contributed by atoms with Crippen LogP contribution in [0.4, 0.5) is 4.79 Å². The predicted molar refractivity (Wildman–Crippen MR) is 238 cm³/mol. The molecule has 0 radical (unpaired) electrons. The summed E-state index contributed by atoms with van der Waals surface area (Å²) in [6.45, 7) is 5.11. The van der Waals surface area contributed by atoms with Crippen molar-refractivity contribution in [1.29, 1.82) is 0 Å². The number of carbonyl (C=O) groups is 3. The van der Waals surface area contributed by atoms with Crippen molar-refractivity contribution in [1.82, 2.24) is 40.8 Å². The number of thioether (sulfide) groups is 1. The fourth-order valence-electron chi connectivity index (χ4n) is 8.89. The van der Waals surface area contributed by atoms with Gasteiger partial charge >= 0.3 is 6.09 Å². The molecule has 2 aromatic heterocycles. The van der Waals surface area contributed by atoms with E-state index in [-0.39, 0.29) is 36.0 Å². The van der Waals surface area contributed by atoms with Crippen LogP contribution in [0, 0.1) is 0 Å². The summed E-state index contributed by atoms with van der Waals surface area (Å²) in [5, 5.41) is 9.07. The Balaban J connectivity index is 0.928. The van der Waals surface area contributed by atoms with Crippen LogP contribution in [0.15, 0.2) is 48.7 Å². The highest BCUT2D eigenvalue weighted by molar-refractivity contribution is 8.07. The molecule has 7 heterocycles. The molecule has 0 unspecified atom stereocenters. The number of H-pyrrole nitrogens is 2. The van der Waals surface area contributed by atoms with E-state index in [1.54, 1.807) is 4.90 Å². The average Bonchev–Trinajstić information content (AvgIpc) is 3.61. The monoisotopic (exact) mass is 898 g/mol. The van der Waals surface area contributed by atoms with Gasteiger partial charge in [0.15, 0.2) is 6.79 Å². The van der Waals surface area contributed by atoms with Crippen LogP contribution in [0.5, 0.6) is 5.75 Å². The van der Waals surface area contributed by atoms with Crippen molar-refractivity contribution in [3.63, 3.8) is 0 Å². The van der Waals surface area contributed by atoms with Gasteiger partial charge < -0.3 is 53.9 Å². The Hall–Kier alpha value is -4.98. The van der Waals surface area contributed by atoms with E-state index >= 15 is 0 Å². The molecule has 17 nitrogen and oxygen atoms in total. The lowest BCUT2D eigenvalue weighted by molar-refractivity contribution is -0.338. The molecule has 5 aliphatic heterocycles. The zero-order valence-electron chi connectivity index (χ0n) is 36.5. The molecule has 0 aliphatic carbocycles. The maximum atomic E-state index is 13.8. The molecule has 3 amide bonds. The third-order valence-corrected chi connectivity index (χ3v) is 14.2. The minimum atomic E-state index is -0.873. The molecule has 9 rings (SSSR count). The Bertz CT molecular complexity index is 2280. The van der Waals surface area contributed by atoms with Crippen molar-refractivity contribution in [2.75, 3.05) is 59.2 Å². The first-order valence-electron chi connectivity index (χ1n) is 22.5. The lowest BCUT2D eigenvalue weighted by Crippen LogP contribution is -2.61. The number of nitrogens with one attached hydrogen (secondary N) is 5. The Kier molecular flexibility index (Phi) is 13.6. The van der Waals surface area contributed by atoms with Crippen LogP contribution in [0.1, 0.15) is 88.1 Å². The molecule has 0 saturated carbocycles. The van der Waals surface area contributed by atoms with Crippen LogP contribution in [0.3, 0.4) is 0 Å². The smallest absolute Gasteiger partial charge is 0.407 e. The molecule has 5 aliphatic rings. The van der Waals surface area contributed by atoms with E-state index in [1.165, 1.54) is 7.11 Å². The number of rotatable bonds is 5. The van der Waals surface area contributed by atoms with Crippen LogP contribution < -0.4 is 20.7 Å². The number of hydrogen-bond acceptors (Lipinski definition) is 13. The average molecular weight is 899 g/mol. The van der Waals surface area contributed by atoms with Gasteiger partial charge in [-0.1, -0.05) is 30.3 Å². The van der Waals surface area contributed by atoms with Crippen LogP contribution in [-0.2, 0) is 44.6 Å². The molecule has 3 fully saturated rings. The van der Waals surface area contributed by atoms with E-state index < -0.39 is 24.1 Å². The molecule has 5 N–H and O–H groups in total. The van der Waals surface area contributed by atoms with Gasteiger partial charge in [0.2, 0.25) is 18.2 Å². The number of alkyl carbamates (subject to hydrolysis) is 1. The molecule has 18 heteroatoms. The topological polar surface area (TPSA) is 203 Å². The van der Waals surface area contributed by atoms with Gasteiger partial charge in [0.1, 0.15) is 23.4 Å². The first-order valence-corrected chi connectivity index (χ1v) is 23.5. The molecule has 3 saturated heterocycles. The second-order valence-electron chi connectivity index (χ2n) is 17.3. The molecule has 2 aromatic carbocycles. The maximum absolute atomic E-state index is 13.8. The van der Waals surface area contributed by atoms with Crippen molar-refractivity contribution in [3.8, 4) is 39.4 Å². The standard InChI is InChI=1S/C46H58N8O9S/c1-45(53-44-62-28-63-44)16-3-4-20-59-25-34-38(52-41(50-34)46(27-64-46)17-8-18-47-42(45)56)30-12-10-29(11-13-30)31-14-15-32-33-24-48-39(49-33)36-9-7-19-54(36)40(55)35(51-43(57)58-2)26-60-21-5-6-22-61-37(32)23-31/h10-15,23-24,35-36,44,53H,3-9,16-22,25-28H2,1-2H3,(H,47,56)(H,48,49)(H,50,52)(H,51,57)/t35-,36-,45+,46+/m0/s1. The highest BCUT2D eigenvalue weighted by Crippen LogP contribution is 2.56. The largest absolute Gasteiger partial charge is 0.493 e. The fourth-order valence-corrected chi connectivity index (χ4v) is 9.87. The summed E-state index contributed by atoms with van der Waals surface area (Å²) in [5.74, 6) is 3.04. The van der Waals surface area contributed by atoms with E-state index in [9.17, 15) is 14.4 Å². The van der Waals surface area contributed by atoms with Gasteiger partial charge in [0.05, 0.1) is 60.3 Å². The Labute approximate surface area is 376 Å². The SMILES string of the molecule is COC(=O)N[C@H]1COCCCCOc2cc(-c3ccc(-c4nc5[nH]c4COCCCC[C@@](C)(NC4OCO4)C(=O)NCCC[C@@]54CS4)cc3)ccc2-c2c[nH]c(n2)[C@@H]2CCCN2C1=O. The first kappa shape index (κ1) is 44.2. The molecule has 4 bridgehead atoms. The van der Waals surface area contributed by atoms with Crippen molar-refractivity contribution in [2.24, 2.45) is 0 Å². The number of aromatic amines is 2. The number of hydrogen-bond donors (Lipinski definition) is 5. The van der Waals surface area contributed by atoms with Gasteiger partial charge in [0.25, 0.3) is 0 Å². The van der Waals surface area contributed by atoms with Gasteiger partial charge in [-0.05, 0) is 88.0 Å². The normalized spacial score (nSPS) is 26.2. The molecular formula is C46H58N8O9S. The number of nitrogens with zero attached hydrogens (tertiary/aromatic N) is 3. The number of ether oxygens (including phenoxy) is 6. The lowest BCUT2D eigenvalue weighted by Gasteiger charge is -2.37. The number of aromatic nitrogens is 4. The summed E-state index contributed by atoms with van der Waals surface area (Å²) in [5.41, 5.74) is 5.62. The van der Waals surface area contributed by atoms with Crippen molar-refractivity contribution >= 4 is 29.7 Å². The zero-order valence-corrected chi connectivity index (χ0v) is 37.3. The number of imidazole rings is 2. The Morgan fingerprint density at radius 2 is 1.72 bits per heavy atom. The van der Waals surface area contributed by atoms with Crippen molar-refractivity contribution < 1.29 is 42.8 Å². The van der Waals surface area contributed by atoms with Crippen LogP contribution in [0.25, 0.3) is 33.6 Å². The third kappa shape index (κ3) is 9.82. The zero-order chi connectivity index (χ0) is 44.1. The molecular weight excluding hydrogens is 841 g/mol. The highest BCUT2D eigenvalue weighted by atomic mass is 32.2. The molecule has 4 atom stereocenters. The van der Waals surface area contributed by atoms with Crippen molar-refractivity contribution in [2.45, 2.75) is 100 Å². The minimum absolute atomic E-state index is 0.0385. The Morgan fingerprint density at radius 1 is 0.938 bits per heavy atom. The van der Waals surface area contributed by atoms with Gasteiger partial charge in [-0.3, -0.25) is 14.9 Å². The quantitative estimate of drug-likeness (QED) is 0.149. The summed E-state index contributed by atoms with van der Waals surface area (Å²) in [7, 11) is 1.28. The first-order chi connectivity index (χ1) is 31.2. The van der Waals surface area contributed by atoms with Gasteiger partial charge in [-0.15, -0.1) is 11.8 Å². The van der Waals surface area contributed by atoms with E-state index in [1.807, 2.05) is 30.9 Å². The lowest BCUT2D eigenvalue weighted by atomic mass is 9.93. The second kappa shape index (κ2) is 19.6. The molecule has 1 spiro atoms. The summed E-state index contributed by atoms with van der Waals surface area (Å²) in [4.78, 5) is 58.3. The summed E-state index contributed by atoms with van der Waals surface area (Å²) in [6, 6.07) is 13.5. The fraction of sp³-hybridized carbons (Fsp3) is 0.543. The second-order valence-corrected chi connectivity index (χ2v) is 18.7. The number of carbonyl (C=O) groups excluding carboxylic acids is 3. The van der Waals surface area contributed by atoms with Crippen LogP contribution >= 0.6 is 11.8 Å². The number of benzene rings is 2. The summed E-state index contributed by atoms with van der Waals surface area (Å²) < 4.78 is 34.1. The highest BCUT2D eigenvalue weighted by Gasteiger charge is 2.48. The van der Waals surface area contributed by atoms with E-state index in [0.717, 1.165) is 102 Å². The van der Waals surface area contributed by atoms with Gasteiger partial charge in [0, 0.05) is 49.4 Å². The van der Waals surface area contributed by atoms with E-state index in [4.69, 9.17) is 38.4 Å². The maximum Gasteiger partial charge on any atom is 0.407 e. The molecule has 4 aromatic rings. The molecule has 64 heavy (non-hydrogen) atoms. The number of methoxy groups -OCH3 is 1. The van der Waals surface area contributed by atoms with Gasteiger partial charge in [-0.2, -0.15) is 0 Å². The van der Waals surface area contributed by atoms with Crippen molar-refractivity contribution in [3.05, 3.63) is 66.0 Å². The Morgan fingerprint density at radius 3 is 2.52 bits per heavy atom.